The number of aromatic hydroxyl groups is 7. The summed E-state index contributed by atoms with van der Waals surface area (Å²) in [6.45, 7) is 0. The van der Waals surface area contributed by atoms with Gasteiger partial charge >= 0.3 is 5.97 Å². The molecule has 1 heterocycles. The second kappa shape index (κ2) is 8.35. The van der Waals surface area contributed by atoms with Crippen LogP contribution in [0.2, 0.25) is 0 Å². The van der Waals surface area contributed by atoms with Gasteiger partial charge in [-0.3, -0.25) is 0 Å². The number of hydrogen-bond acceptors (Lipinski definition) is 11. The minimum Gasteiger partial charge on any atom is -0.508 e. The van der Waals surface area contributed by atoms with Gasteiger partial charge in [-0.15, -0.1) is 0 Å². The quantitative estimate of drug-likeness (QED) is 0.218. The Hall–Kier alpha value is -4.67. The molecule has 11 nitrogen and oxygen atoms in total. The highest BCUT2D eigenvalue weighted by Gasteiger charge is 2.37. The molecule has 3 aromatic carbocycles. The molecule has 2 atom stereocenters. The van der Waals surface area contributed by atoms with Crippen LogP contribution in [0, 0.1) is 0 Å². The second-order valence-corrected chi connectivity index (χ2v) is 7.58. The van der Waals surface area contributed by atoms with E-state index in [0.29, 0.717) is 0 Å². The molecule has 0 aliphatic carbocycles. The lowest BCUT2D eigenvalue weighted by Crippen LogP contribution is -2.34. The largest absolute Gasteiger partial charge is 0.508 e. The van der Waals surface area contributed by atoms with Crippen molar-refractivity contribution in [2.45, 2.75) is 18.6 Å². The average molecular weight is 472 g/mol. The van der Waals surface area contributed by atoms with Crippen LogP contribution >= 0.6 is 0 Å². The van der Waals surface area contributed by atoms with Crippen LogP contribution in [-0.4, -0.2) is 54.9 Å². The lowest BCUT2D eigenvalue weighted by Gasteiger charge is -2.34. The molecule has 0 unspecified atom stereocenters. The monoisotopic (exact) mass is 472 g/mol. The van der Waals surface area contributed by atoms with Gasteiger partial charge in [0, 0.05) is 29.7 Å². The zero-order valence-corrected chi connectivity index (χ0v) is 17.6. The van der Waals surface area contributed by atoms with Crippen LogP contribution in [0.1, 0.15) is 27.6 Å². The van der Waals surface area contributed by atoms with E-state index in [-0.39, 0.29) is 46.1 Å². The Morgan fingerprint density at radius 1 is 0.853 bits per heavy atom. The van der Waals surface area contributed by atoms with Crippen molar-refractivity contribution >= 4 is 5.97 Å². The van der Waals surface area contributed by atoms with Crippen LogP contribution in [0.4, 0.5) is 0 Å². The van der Waals surface area contributed by atoms with E-state index < -0.39 is 46.9 Å². The van der Waals surface area contributed by atoms with Gasteiger partial charge in [-0.25, -0.2) is 4.79 Å². The van der Waals surface area contributed by atoms with Gasteiger partial charge in [-0.05, 0) is 24.3 Å². The molecule has 0 amide bonds. The molecule has 1 aliphatic heterocycles. The number of carbonyl (C=O) groups is 1. The van der Waals surface area contributed by atoms with E-state index in [1.807, 2.05) is 0 Å². The minimum absolute atomic E-state index is 0.0818. The van der Waals surface area contributed by atoms with Crippen molar-refractivity contribution in [2.75, 3.05) is 7.11 Å². The van der Waals surface area contributed by atoms with E-state index in [1.54, 1.807) is 0 Å². The van der Waals surface area contributed by atoms with Gasteiger partial charge in [0.15, 0.2) is 34.9 Å². The topological polar surface area (TPSA) is 186 Å². The number of esters is 1. The summed E-state index contributed by atoms with van der Waals surface area (Å²) in [6.07, 6.45) is -2.31. The zero-order valence-electron chi connectivity index (χ0n) is 17.6. The number of phenols is 7. The molecule has 3 aromatic rings. The number of ether oxygens (including phenoxy) is 3. The number of fused-ring (bicyclic) bond motifs is 1. The summed E-state index contributed by atoms with van der Waals surface area (Å²) < 4.78 is 16.5. The molecule has 34 heavy (non-hydrogen) atoms. The lowest BCUT2D eigenvalue weighted by atomic mass is 9.93. The molecule has 0 bridgehead atoms. The summed E-state index contributed by atoms with van der Waals surface area (Å²) >= 11 is 0. The maximum atomic E-state index is 12.8. The van der Waals surface area contributed by atoms with Gasteiger partial charge < -0.3 is 50.0 Å². The van der Waals surface area contributed by atoms with E-state index in [0.717, 1.165) is 18.2 Å². The first-order valence-corrected chi connectivity index (χ1v) is 9.86. The number of hydrogen-bond donors (Lipinski definition) is 7. The molecule has 0 spiro atoms. The Bertz CT molecular complexity index is 1260. The van der Waals surface area contributed by atoms with Crippen LogP contribution in [0.5, 0.6) is 51.7 Å². The van der Waals surface area contributed by atoms with Crippen molar-refractivity contribution in [3.63, 3.8) is 0 Å². The summed E-state index contributed by atoms with van der Waals surface area (Å²) in [5.41, 5.74) is 0.187. The Labute approximate surface area is 191 Å². The van der Waals surface area contributed by atoms with Gasteiger partial charge in [-0.2, -0.15) is 0 Å². The summed E-state index contributed by atoms with van der Waals surface area (Å²) in [4.78, 5) is 12.8. The predicted octanol–water partition coefficient (Wildman–Crippen LogP) is 2.54. The van der Waals surface area contributed by atoms with Crippen molar-refractivity contribution in [2.24, 2.45) is 0 Å². The van der Waals surface area contributed by atoms with Gasteiger partial charge in [0.05, 0.1) is 12.7 Å². The van der Waals surface area contributed by atoms with Gasteiger partial charge in [0.1, 0.15) is 23.4 Å². The number of benzene rings is 3. The summed E-state index contributed by atoms with van der Waals surface area (Å²) in [6, 6.07) is 6.67. The molecule has 1 aliphatic rings. The van der Waals surface area contributed by atoms with E-state index in [4.69, 9.17) is 14.2 Å². The Kier molecular flexibility index (Phi) is 5.53. The first-order chi connectivity index (χ1) is 16.1. The lowest BCUT2D eigenvalue weighted by molar-refractivity contribution is -0.0189. The third-order valence-electron chi connectivity index (χ3n) is 5.36. The zero-order chi connectivity index (χ0) is 24.7. The predicted molar refractivity (Wildman–Crippen MR) is 114 cm³/mol. The molecule has 0 saturated carbocycles. The fourth-order valence-electron chi connectivity index (χ4n) is 3.70. The standard InChI is InChI=1S/C23H20O11/c1-32-18-5-9(2-16(28)21(18)30)22-19(8-12-13(25)6-11(24)7-17(12)33-22)34-23(31)10-3-14(26)20(29)15(27)4-10/h2-7,19,22,24-30H,8H2,1H3/t19-,22-/m1/s1. The Morgan fingerprint density at radius 2 is 1.50 bits per heavy atom. The normalized spacial score (nSPS) is 16.9. The van der Waals surface area contributed by atoms with Gasteiger partial charge in [-0.1, -0.05) is 0 Å². The van der Waals surface area contributed by atoms with Crippen molar-refractivity contribution in [1.29, 1.82) is 0 Å². The average Bonchev–Trinajstić information content (AvgIpc) is 2.78. The molecule has 0 fully saturated rings. The third kappa shape index (κ3) is 3.94. The SMILES string of the molecule is COc1cc([C@H]2Oc3cc(O)cc(O)c3C[C@H]2OC(=O)c2cc(O)c(O)c(O)c2)cc(O)c1O. The number of carbonyl (C=O) groups excluding carboxylic acids is 1. The molecule has 4 rings (SSSR count). The van der Waals surface area contributed by atoms with Crippen molar-refractivity contribution in [1.82, 2.24) is 0 Å². The van der Waals surface area contributed by atoms with Crippen molar-refractivity contribution in [3.8, 4) is 51.7 Å². The first kappa shape index (κ1) is 22.5. The van der Waals surface area contributed by atoms with E-state index in [1.165, 1.54) is 25.3 Å². The van der Waals surface area contributed by atoms with Crippen molar-refractivity contribution < 1.29 is 54.8 Å². The highest BCUT2D eigenvalue weighted by Crippen LogP contribution is 2.46. The summed E-state index contributed by atoms with van der Waals surface area (Å²) in [5, 5.41) is 69.1. The van der Waals surface area contributed by atoms with Crippen LogP contribution in [0.15, 0.2) is 36.4 Å². The summed E-state index contributed by atoms with van der Waals surface area (Å²) in [5.74, 6) is -4.89. The van der Waals surface area contributed by atoms with Crippen molar-refractivity contribution in [3.05, 3.63) is 53.1 Å². The fourth-order valence-corrected chi connectivity index (χ4v) is 3.70. The molecule has 0 radical (unpaired) electrons. The van der Waals surface area contributed by atoms with E-state index in [2.05, 4.69) is 0 Å². The maximum absolute atomic E-state index is 12.8. The van der Waals surface area contributed by atoms with Gasteiger partial charge in [0.2, 0.25) is 5.75 Å². The Morgan fingerprint density at radius 3 is 2.15 bits per heavy atom. The Balaban J connectivity index is 1.76. The number of rotatable bonds is 4. The molecule has 11 heteroatoms. The van der Waals surface area contributed by atoms with E-state index >= 15 is 0 Å². The summed E-state index contributed by atoms with van der Waals surface area (Å²) in [7, 11) is 1.27. The molecule has 7 N–H and O–H groups in total. The number of phenolic OH excluding ortho intramolecular Hbond substituents is 7. The minimum atomic E-state index is -1.12. The molecular weight excluding hydrogens is 452 g/mol. The van der Waals surface area contributed by atoms with Crippen LogP contribution < -0.4 is 9.47 Å². The molecule has 0 aromatic heterocycles. The highest BCUT2D eigenvalue weighted by molar-refractivity contribution is 5.91. The fraction of sp³-hybridized carbons (Fsp3) is 0.174. The third-order valence-corrected chi connectivity index (χ3v) is 5.36. The molecule has 178 valence electrons. The van der Waals surface area contributed by atoms with Crippen LogP contribution in [-0.2, 0) is 11.2 Å². The van der Waals surface area contributed by atoms with Gasteiger partial charge in [0.25, 0.3) is 0 Å². The maximum Gasteiger partial charge on any atom is 0.338 e. The first-order valence-electron chi connectivity index (χ1n) is 9.86. The molecular formula is C23H20O11. The highest BCUT2D eigenvalue weighted by atomic mass is 16.6. The second-order valence-electron chi connectivity index (χ2n) is 7.58. The van der Waals surface area contributed by atoms with Crippen LogP contribution in [0.25, 0.3) is 0 Å². The molecule has 0 saturated heterocycles. The smallest absolute Gasteiger partial charge is 0.338 e. The number of methoxy groups -OCH3 is 1. The van der Waals surface area contributed by atoms with E-state index in [9.17, 15) is 40.5 Å². The van der Waals surface area contributed by atoms with Crippen LogP contribution in [0.3, 0.4) is 0 Å².